The summed E-state index contributed by atoms with van der Waals surface area (Å²) in [6, 6.07) is 72.6. The SMILES string of the molecule is N=C(N)/C=C/c1ccc(OCOc2ccc(/C=C/C(=N)N)cc2)cc1.N=C(N)CNc1ccc(OCOc2ccc(CN=C(N)N)cc2)cc1.N=C(N)Cc1ccc(OCOc2ccc(CC(=N)N)cc2)cc1.N=C(N)Sc1ccc(OCOc2ccc(SC(=N)N)cc2)cc1.NC(N)=Nc1ccc(OCOc2ccc(N=C(N)N)cc2)cc1. The smallest absolute Gasteiger partial charge is 0.230 e. The first-order valence-electron chi connectivity index (χ1n) is 35.4. The molecule has 34 N–H and O–H groups in total. The topological polar surface area (TPSA) is 647 Å². The molecule has 0 heterocycles. The zero-order chi connectivity index (χ0) is 86.1. The van der Waals surface area contributed by atoms with Crippen LogP contribution in [-0.4, -0.2) is 97.9 Å². The second-order valence-corrected chi connectivity index (χ2v) is 26.4. The minimum absolute atomic E-state index is 0.00572. The number of anilines is 1. The van der Waals surface area contributed by atoms with Gasteiger partial charge in [0.2, 0.25) is 34.0 Å². The summed E-state index contributed by atoms with van der Waals surface area (Å²) in [6.45, 7) is 1.16. The van der Waals surface area contributed by atoms with Crippen LogP contribution in [0.4, 0.5) is 17.1 Å². The highest BCUT2D eigenvalue weighted by Crippen LogP contribution is 2.26. The van der Waals surface area contributed by atoms with Crippen LogP contribution in [0, 0.1) is 37.9 Å². The molecule has 0 spiro atoms. The Morgan fingerprint density at radius 3 is 0.790 bits per heavy atom. The van der Waals surface area contributed by atoms with E-state index in [0.29, 0.717) is 94.8 Å². The molecule has 620 valence electrons. The fourth-order valence-corrected chi connectivity index (χ4v) is 10.2. The summed E-state index contributed by atoms with van der Waals surface area (Å²) in [6.07, 6.45) is 7.42. The van der Waals surface area contributed by atoms with Crippen molar-refractivity contribution in [2.24, 2.45) is 89.5 Å². The highest BCUT2D eigenvalue weighted by Gasteiger charge is 2.07. The van der Waals surface area contributed by atoms with E-state index in [0.717, 1.165) is 43.3 Å². The van der Waals surface area contributed by atoms with Crippen LogP contribution in [0.2, 0.25) is 0 Å². The van der Waals surface area contributed by atoms with Crippen molar-refractivity contribution >= 4 is 110 Å². The second kappa shape index (κ2) is 51.1. The Bertz CT molecular complexity index is 4620. The highest BCUT2D eigenvalue weighted by atomic mass is 32.2. The fourth-order valence-electron chi connectivity index (χ4n) is 9.13. The van der Waals surface area contributed by atoms with Gasteiger partial charge in [0.05, 0.1) is 36.1 Å². The molecule has 0 fully saturated rings. The van der Waals surface area contributed by atoms with Gasteiger partial charge in [-0.15, -0.1) is 0 Å². The lowest BCUT2D eigenvalue weighted by molar-refractivity contribution is 0.119. The number of guanidine groups is 3. The van der Waals surface area contributed by atoms with Crippen LogP contribution in [0.1, 0.15) is 27.8 Å². The number of benzene rings is 10. The molecule has 0 aliphatic rings. The second-order valence-electron chi connectivity index (χ2n) is 24.2. The molecule has 10 aromatic carbocycles. The number of nitrogens with two attached hydrogens (primary N) is 13. The average molecular weight is 1650 g/mol. The van der Waals surface area contributed by atoms with Crippen molar-refractivity contribution in [2.75, 3.05) is 45.8 Å². The van der Waals surface area contributed by atoms with E-state index < -0.39 is 0 Å². The molecule has 0 aliphatic carbocycles. The minimum Gasteiger partial charge on any atom is -0.458 e. The van der Waals surface area contributed by atoms with Gasteiger partial charge in [-0.25, -0.2) is 15.0 Å². The van der Waals surface area contributed by atoms with Gasteiger partial charge in [0.1, 0.15) is 75.0 Å². The number of hydrogen-bond acceptors (Lipinski definition) is 23. The maximum absolute atomic E-state index is 7.25. The first kappa shape index (κ1) is 92.2. The van der Waals surface area contributed by atoms with Crippen molar-refractivity contribution < 1.29 is 47.4 Å². The van der Waals surface area contributed by atoms with Crippen molar-refractivity contribution in [1.82, 2.24) is 0 Å². The van der Waals surface area contributed by atoms with E-state index in [1.807, 2.05) is 170 Å². The summed E-state index contributed by atoms with van der Waals surface area (Å²) in [7, 11) is 0. The molecule has 0 saturated heterocycles. The number of nitrogens with zero attached hydrogens (tertiary/aromatic N) is 3. The van der Waals surface area contributed by atoms with Crippen LogP contribution in [0.15, 0.2) is 280 Å². The first-order chi connectivity index (χ1) is 57.1. The third-order valence-electron chi connectivity index (χ3n) is 14.6. The third kappa shape index (κ3) is 41.1. The maximum Gasteiger partial charge on any atom is 0.230 e. The summed E-state index contributed by atoms with van der Waals surface area (Å²) in [5.74, 6) is 7.16. The molecule has 10 aromatic rings. The molecule has 36 heteroatoms. The monoisotopic (exact) mass is 1650 g/mol. The molecular formula is C83H96N24O10S2. The van der Waals surface area contributed by atoms with Gasteiger partial charge in [0, 0.05) is 28.3 Å². The zero-order valence-corrected chi connectivity index (χ0v) is 66.1. The molecule has 10 rings (SSSR count). The molecule has 0 atom stereocenters. The van der Waals surface area contributed by atoms with Gasteiger partial charge in [-0.3, -0.25) is 37.9 Å². The predicted octanol–water partition coefficient (Wildman–Crippen LogP) is 10.3. The number of rotatable bonds is 37. The standard InChI is InChI=1S/C19H20N4O2.C17H22N6O2.C17H20N4O2.C15H18N6O2.C15H16N4O2S2/c20-18(21)11-5-14-1-7-16(8-2-14)24-13-25-17-9-3-15(4-10-17)6-12-19(22)23;18-16(19)10-22-13-3-7-15(8-4-13)25-11-24-14-5-1-12(2-6-14)9-23-17(20)21;18-16(19)9-12-1-5-14(6-2-12)22-11-23-15-7-3-13(4-8-15)10-17(20)21;16-14(17)20-10-1-5-12(6-2-10)22-9-23-13-7-3-11(4-8-13)21-15(18)19;16-14(17)22-12-5-1-10(2-6-12)20-9-21-11-3-7-13(8-4-11)23-15(18)19/h1-12H,13H2,(H3,20,21)(H3,22,23);1-8,22H,9-11H2,(H3,18,19)(H4,20,21,23);1-8H,9-11H2,(H3,18,19)(H3,20,21);1-8H,9H2,(H4,16,17,20)(H4,18,19,21);1-8H,9H2,(H3,16,17)(H3,18,19)/b11-5+,12-6+;;;;. The van der Waals surface area contributed by atoms with E-state index in [1.165, 1.54) is 35.7 Å². The molecule has 0 amide bonds. The molecule has 0 radical (unpaired) electrons. The molecule has 119 heavy (non-hydrogen) atoms. The Labute approximate surface area is 696 Å². The fraction of sp³-hybridized carbons (Fsp3) is 0.108. The van der Waals surface area contributed by atoms with Gasteiger partial charge in [0.15, 0.2) is 28.2 Å². The summed E-state index contributed by atoms with van der Waals surface area (Å²) in [5.41, 5.74) is 75.9. The summed E-state index contributed by atoms with van der Waals surface area (Å²) >= 11 is 2.36. The van der Waals surface area contributed by atoms with Crippen molar-refractivity contribution in [3.63, 3.8) is 0 Å². The Hall–Kier alpha value is -15.7. The molecule has 0 aromatic heterocycles. The molecule has 0 saturated carbocycles. The number of amidine groups is 7. The van der Waals surface area contributed by atoms with Gasteiger partial charge >= 0.3 is 0 Å². The maximum atomic E-state index is 7.25. The van der Waals surface area contributed by atoms with Gasteiger partial charge in [-0.05, 0) is 222 Å². The lowest BCUT2D eigenvalue weighted by atomic mass is 10.1. The van der Waals surface area contributed by atoms with E-state index in [4.69, 9.17) is 160 Å². The Morgan fingerprint density at radius 1 is 0.294 bits per heavy atom. The summed E-state index contributed by atoms with van der Waals surface area (Å²) in [5, 5.41) is 53.5. The quantitative estimate of drug-likeness (QED) is 0.00744. The van der Waals surface area contributed by atoms with Crippen LogP contribution in [-0.2, 0) is 19.4 Å². The number of nitrogens with one attached hydrogen (secondary N) is 8. The van der Waals surface area contributed by atoms with Gasteiger partial charge < -0.3 is 127 Å². The van der Waals surface area contributed by atoms with E-state index >= 15 is 0 Å². The molecule has 0 bridgehead atoms. The van der Waals surface area contributed by atoms with E-state index in [9.17, 15) is 0 Å². The highest BCUT2D eigenvalue weighted by molar-refractivity contribution is 8.14. The van der Waals surface area contributed by atoms with E-state index in [2.05, 4.69) is 20.3 Å². The lowest BCUT2D eigenvalue weighted by Gasteiger charge is -2.10. The van der Waals surface area contributed by atoms with Crippen LogP contribution >= 0.6 is 23.5 Å². The Balaban J connectivity index is 0.000000231. The van der Waals surface area contributed by atoms with Gasteiger partial charge in [-0.1, -0.05) is 96.3 Å². The Morgan fingerprint density at radius 2 is 0.546 bits per heavy atom. The molecule has 34 nitrogen and oxygen atoms in total. The van der Waals surface area contributed by atoms with Crippen LogP contribution < -0.4 is 127 Å². The molecule has 0 aliphatic heterocycles. The lowest BCUT2D eigenvalue weighted by Crippen LogP contribution is -2.22. The first-order valence-corrected chi connectivity index (χ1v) is 37.1. The van der Waals surface area contributed by atoms with Crippen LogP contribution in [0.25, 0.3) is 12.2 Å². The number of thioether (sulfide) groups is 2. The number of aliphatic imine (C=N–C) groups is 3. The normalized spacial score (nSPS) is 10.2. The van der Waals surface area contributed by atoms with Crippen LogP contribution in [0.3, 0.4) is 0 Å². The third-order valence-corrected chi connectivity index (χ3v) is 16.0. The number of hydrogen-bond donors (Lipinski definition) is 21. The summed E-state index contributed by atoms with van der Waals surface area (Å²) in [4.78, 5) is 13.5. The molecule has 0 unspecified atom stereocenters. The van der Waals surface area contributed by atoms with Gasteiger partial charge in [-0.2, -0.15) is 0 Å². The van der Waals surface area contributed by atoms with Crippen LogP contribution in [0.5, 0.6) is 57.5 Å². The molecular weight excluding hydrogens is 1560 g/mol. The van der Waals surface area contributed by atoms with Crippen molar-refractivity contribution in [2.45, 2.75) is 29.2 Å². The Kier molecular flexibility index (Phi) is 39.6. The largest absolute Gasteiger partial charge is 0.458 e. The van der Waals surface area contributed by atoms with Crippen molar-refractivity contribution in [3.8, 4) is 57.5 Å². The zero-order valence-electron chi connectivity index (χ0n) is 64.5. The average Bonchev–Trinajstić information content (AvgIpc) is 0.909. The number of ether oxygens (including phenoxy) is 10. The van der Waals surface area contributed by atoms with Crippen molar-refractivity contribution in [3.05, 3.63) is 283 Å². The van der Waals surface area contributed by atoms with Gasteiger partial charge in [0.25, 0.3) is 0 Å². The minimum atomic E-state index is 0.00572. The van der Waals surface area contributed by atoms with E-state index in [-0.39, 0.29) is 91.4 Å². The predicted molar refractivity (Wildman–Crippen MR) is 475 cm³/mol. The summed E-state index contributed by atoms with van der Waals surface area (Å²) < 4.78 is 55.0. The van der Waals surface area contributed by atoms with E-state index in [1.54, 1.807) is 84.9 Å². The van der Waals surface area contributed by atoms with Crippen molar-refractivity contribution in [1.29, 1.82) is 37.9 Å².